The fourth-order valence-electron chi connectivity index (χ4n) is 5.59. The number of imidazole rings is 1. The van der Waals surface area contributed by atoms with Crippen molar-refractivity contribution >= 4 is 5.95 Å². The van der Waals surface area contributed by atoms with Crippen molar-refractivity contribution in [2.45, 2.75) is 83.2 Å². The van der Waals surface area contributed by atoms with Gasteiger partial charge in [0.25, 0.3) is 0 Å². The first-order valence-electron chi connectivity index (χ1n) is 12.6. The lowest BCUT2D eigenvalue weighted by Gasteiger charge is -2.28. The lowest BCUT2D eigenvalue weighted by Crippen LogP contribution is -2.28. The second-order valence-electron chi connectivity index (χ2n) is 9.74. The van der Waals surface area contributed by atoms with Crippen molar-refractivity contribution in [1.29, 1.82) is 0 Å². The molecule has 0 amide bonds. The molecule has 1 unspecified atom stereocenters. The van der Waals surface area contributed by atoms with Crippen LogP contribution in [-0.4, -0.2) is 25.6 Å². The molecule has 0 bridgehead atoms. The number of nitrogens with zero attached hydrogens (tertiary/aromatic N) is 4. The monoisotopic (exact) mass is 447 g/mol. The Kier molecular flexibility index (Phi) is 6.70. The second kappa shape index (κ2) is 10.0. The molecule has 33 heavy (non-hydrogen) atoms. The number of nitrogens with one attached hydrogen (secondary N) is 1. The topological polar surface area (TPSA) is 55.6 Å². The van der Waals surface area contributed by atoms with E-state index in [4.69, 9.17) is 9.97 Å². The molecule has 174 valence electrons. The third-order valence-electron chi connectivity index (χ3n) is 7.49. The van der Waals surface area contributed by atoms with Crippen molar-refractivity contribution in [2.75, 3.05) is 5.32 Å². The highest BCUT2D eigenvalue weighted by atomic mass is 19.1. The van der Waals surface area contributed by atoms with E-state index in [1.807, 2.05) is 18.6 Å². The summed E-state index contributed by atoms with van der Waals surface area (Å²) >= 11 is 0. The molecule has 1 aromatic carbocycles. The summed E-state index contributed by atoms with van der Waals surface area (Å²) in [5, 5.41) is 3.58. The number of benzene rings is 1. The number of rotatable bonds is 6. The maximum absolute atomic E-state index is 13.6. The smallest absolute Gasteiger partial charge is 0.223 e. The lowest BCUT2D eigenvalue weighted by molar-refractivity contribution is 0.327. The van der Waals surface area contributed by atoms with Crippen molar-refractivity contribution in [3.8, 4) is 22.6 Å². The summed E-state index contributed by atoms with van der Waals surface area (Å²) in [6, 6.07) is 9.34. The van der Waals surface area contributed by atoms with Crippen LogP contribution in [0, 0.1) is 11.7 Å². The first-order valence-corrected chi connectivity index (χ1v) is 12.6. The van der Waals surface area contributed by atoms with Crippen LogP contribution in [0.4, 0.5) is 10.3 Å². The van der Waals surface area contributed by atoms with Crippen LogP contribution in [0.1, 0.15) is 77.2 Å². The van der Waals surface area contributed by atoms with Crippen LogP contribution in [0.5, 0.6) is 0 Å². The largest absolute Gasteiger partial charge is 0.351 e. The van der Waals surface area contributed by atoms with E-state index >= 15 is 0 Å². The second-order valence-corrected chi connectivity index (χ2v) is 9.74. The van der Waals surface area contributed by atoms with Crippen LogP contribution in [0.25, 0.3) is 22.6 Å². The van der Waals surface area contributed by atoms with Gasteiger partial charge in [-0.25, -0.2) is 19.3 Å². The summed E-state index contributed by atoms with van der Waals surface area (Å²) in [7, 11) is 0. The van der Waals surface area contributed by atoms with Crippen LogP contribution in [-0.2, 0) is 0 Å². The van der Waals surface area contributed by atoms with Crippen molar-refractivity contribution in [3.05, 3.63) is 48.7 Å². The number of anilines is 1. The van der Waals surface area contributed by atoms with E-state index in [0.29, 0.717) is 23.9 Å². The van der Waals surface area contributed by atoms with Crippen molar-refractivity contribution < 1.29 is 4.39 Å². The molecule has 0 aliphatic heterocycles. The van der Waals surface area contributed by atoms with Crippen LogP contribution in [0.3, 0.4) is 0 Å². The highest BCUT2D eigenvalue weighted by Gasteiger charge is 2.24. The van der Waals surface area contributed by atoms with Gasteiger partial charge in [0.2, 0.25) is 5.95 Å². The quantitative estimate of drug-likeness (QED) is 0.441. The first kappa shape index (κ1) is 22.1. The third kappa shape index (κ3) is 4.94. The Bertz CT molecular complexity index is 1050. The molecular weight excluding hydrogens is 413 g/mol. The zero-order chi connectivity index (χ0) is 22.6. The SMILES string of the molecule is CC(Nc1nccc(-c2c(-c3ccc(F)cc3)ncn2C2CCCCC2)n1)C1CCCCC1. The van der Waals surface area contributed by atoms with E-state index in [1.54, 1.807) is 12.1 Å². The molecule has 0 saturated heterocycles. The molecule has 6 heteroatoms. The Labute approximate surface area is 195 Å². The van der Waals surface area contributed by atoms with E-state index in [1.165, 1.54) is 63.5 Å². The van der Waals surface area contributed by atoms with Gasteiger partial charge in [0, 0.05) is 23.8 Å². The van der Waals surface area contributed by atoms with Gasteiger partial charge in [-0.1, -0.05) is 38.5 Å². The zero-order valence-electron chi connectivity index (χ0n) is 19.5. The molecule has 2 saturated carbocycles. The molecule has 0 spiro atoms. The van der Waals surface area contributed by atoms with Gasteiger partial charge in [0.05, 0.1) is 23.4 Å². The van der Waals surface area contributed by atoms with Crippen LogP contribution < -0.4 is 5.32 Å². The molecule has 1 atom stereocenters. The number of aromatic nitrogens is 4. The summed E-state index contributed by atoms with van der Waals surface area (Å²) in [6.07, 6.45) is 16.4. The fraction of sp³-hybridized carbons (Fsp3) is 0.519. The standard InChI is InChI=1S/C27H34FN5/c1-19(20-8-4-2-5-9-20)31-27-29-17-16-24(32-27)26-25(21-12-14-22(28)15-13-21)30-18-33(26)23-10-6-3-7-11-23/h12-20,23H,2-11H2,1H3,(H,29,31,32). The van der Waals surface area contributed by atoms with E-state index < -0.39 is 0 Å². The summed E-state index contributed by atoms with van der Waals surface area (Å²) in [5.41, 5.74) is 3.63. The minimum absolute atomic E-state index is 0.239. The van der Waals surface area contributed by atoms with E-state index in [2.05, 4.69) is 21.8 Å². The van der Waals surface area contributed by atoms with Gasteiger partial charge in [-0.3, -0.25) is 0 Å². The Hall–Kier alpha value is -2.76. The summed E-state index contributed by atoms with van der Waals surface area (Å²) in [4.78, 5) is 14.3. The maximum atomic E-state index is 13.6. The Balaban J connectivity index is 1.49. The van der Waals surface area contributed by atoms with Gasteiger partial charge in [-0.05, 0) is 68.9 Å². The molecule has 2 aliphatic carbocycles. The molecule has 2 aromatic heterocycles. The summed E-state index contributed by atoms with van der Waals surface area (Å²) < 4.78 is 15.9. The molecule has 3 aromatic rings. The molecule has 5 nitrogen and oxygen atoms in total. The minimum Gasteiger partial charge on any atom is -0.351 e. The minimum atomic E-state index is -0.239. The maximum Gasteiger partial charge on any atom is 0.223 e. The van der Waals surface area contributed by atoms with Crippen LogP contribution >= 0.6 is 0 Å². The Morgan fingerprint density at radius 3 is 2.33 bits per heavy atom. The molecule has 5 rings (SSSR count). The van der Waals surface area contributed by atoms with Crippen molar-refractivity contribution in [2.24, 2.45) is 5.92 Å². The third-order valence-corrected chi connectivity index (χ3v) is 7.49. The highest BCUT2D eigenvalue weighted by molar-refractivity contribution is 5.77. The number of hydrogen-bond donors (Lipinski definition) is 1. The first-order chi connectivity index (χ1) is 16.2. The van der Waals surface area contributed by atoms with Gasteiger partial charge in [-0.15, -0.1) is 0 Å². The van der Waals surface area contributed by atoms with Gasteiger partial charge >= 0.3 is 0 Å². The Morgan fingerprint density at radius 1 is 0.909 bits per heavy atom. The van der Waals surface area contributed by atoms with Gasteiger partial charge in [0.1, 0.15) is 5.82 Å². The average molecular weight is 448 g/mol. The predicted octanol–water partition coefficient (Wildman–Crippen LogP) is 7.03. The zero-order valence-corrected chi connectivity index (χ0v) is 19.5. The fourth-order valence-corrected chi connectivity index (χ4v) is 5.59. The lowest BCUT2D eigenvalue weighted by atomic mass is 9.85. The van der Waals surface area contributed by atoms with Gasteiger partial charge in [0.15, 0.2) is 0 Å². The highest BCUT2D eigenvalue weighted by Crippen LogP contribution is 2.37. The van der Waals surface area contributed by atoms with Gasteiger partial charge in [-0.2, -0.15) is 0 Å². The molecule has 2 heterocycles. The summed E-state index contributed by atoms with van der Waals surface area (Å²) in [5.74, 6) is 1.11. The molecule has 2 aliphatic rings. The molecule has 0 radical (unpaired) electrons. The Morgan fingerprint density at radius 2 is 1.61 bits per heavy atom. The molecule has 1 N–H and O–H groups in total. The predicted molar refractivity (Wildman–Crippen MR) is 130 cm³/mol. The van der Waals surface area contributed by atoms with Crippen molar-refractivity contribution in [1.82, 2.24) is 19.5 Å². The van der Waals surface area contributed by atoms with Gasteiger partial charge < -0.3 is 9.88 Å². The normalized spacial score (nSPS) is 18.8. The molecule has 2 fully saturated rings. The summed E-state index contributed by atoms with van der Waals surface area (Å²) in [6.45, 7) is 2.25. The average Bonchev–Trinajstić information content (AvgIpc) is 3.31. The van der Waals surface area contributed by atoms with Crippen LogP contribution in [0.2, 0.25) is 0 Å². The van der Waals surface area contributed by atoms with E-state index in [0.717, 1.165) is 35.5 Å². The van der Waals surface area contributed by atoms with Crippen LogP contribution in [0.15, 0.2) is 42.9 Å². The number of hydrogen-bond acceptors (Lipinski definition) is 4. The molecular formula is C27H34FN5. The number of halogens is 1. The van der Waals surface area contributed by atoms with E-state index in [-0.39, 0.29) is 5.82 Å². The van der Waals surface area contributed by atoms with Crippen molar-refractivity contribution in [3.63, 3.8) is 0 Å². The van der Waals surface area contributed by atoms with E-state index in [9.17, 15) is 4.39 Å².